The smallest absolute Gasteiger partial charge is 0.359 e. The number of ether oxygens (including phenoxy) is 1. The fraction of sp³-hybridized carbons (Fsp3) is 0.214. The minimum Gasteiger partial charge on any atom is -0.476 e. The molecule has 1 aromatic carbocycles. The standard InChI is InChI=1S/C14H13N5O4/c1-3-23-14(22)11-10(16-18-15)12(13(20)21)19(17-11)9-7-5-4-6-8(9)2/h4-7H,3H2,1-2H3,(H,20,21). The summed E-state index contributed by atoms with van der Waals surface area (Å²) in [5.41, 5.74) is 8.74. The van der Waals surface area contributed by atoms with Crippen LogP contribution in [0.2, 0.25) is 0 Å². The largest absolute Gasteiger partial charge is 0.476 e. The van der Waals surface area contributed by atoms with Gasteiger partial charge in [0.25, 0.3) is 0 Å². The van der Waals surface area contributed by atoms with Gasteiger partial charge < -0.3 is 9.84 Å². The highest BCUT2D eigenvalue weighted by molar-refractivity contribution is 6.01. The molecule has 2 aromatic rings. The molecule has 9 heteroatoms. The maximum Gasteiger partial charge on any atom is 0.359 e. The molecule has 118 valence electrons. The maximum atomic E-state index is 12.0. The van der Waals surface area contributed by atoms with Crippen LogP contribution in [0, 0.1) is 6.92 Å². The number of esters is 1. The molecule has 23 heavy (non-hydrogen) atoms. The molecule has 1 heterocycles. The van der Waals surface area contributed by atoms with E-state index in [0.717, 1.165) is 10.2 Å². The van der Waals surface area contributed by atoms with Gasteiger partial charge in [-0.3, -0.25) is 0 Å². The third-order valence-corrected chi connectivity index (χ3v) is 3.02. The normalized spacial score (nSPS) is 10.0. The highest BCUT2D eigenvalue weighted by Crippen LogP contribution is 2.29. The van der Waals surface area contributed by atoms with E-state index in [9.17, 15) is 14.7 Å². The molecule has 0 amide bonds. The van der Waals surface area contributed by atoms with Crippen molar-refractivity contribution in [2.75, 3.05) is 6.61 Å². The molecule has 0 saturated heterocycles. The number of aromatic nitrogens is 2. The minimum absolute atomic E-state index is 0.0776. The van der Waals surface area contributed by atoms with E-state index in [1.807, 2.05) is 0 Å². The van der Waals surface area contributed by atoms with Crippen LogP contribution in [0.3, 0.4) is 0 Å². The Morgan fingerprint density at radius 2 is 2.13 bits per heavy atom. The lowest BCUT2D eigenvalue weighted by Crippen LogP contribution is -2.10. The van der Waals surface area contributed by atoms with Crippen LogP contribution in [-0.2, 0) is 4.74 Å². The number of aryl methyl sites for hydroxylation is 1. The second-order valence-corrected chi connectivity index (χ2v) is 4.46. The molecule has 0 fully saturated rings. The highest BCUT2D eigenvalue weighted by atomic mass is 16.5. The van der Waals surface area contributed by atoms with Crippen molar-refractivity contribution in [2.45, 2.75) is 13.8 Å². The number of aromatic carboxylic acids is 1. The lowest BCUT2D eigenvalue weighted by atomic mass is 10.2. The molecule has 0 radical (unpaired) electrons. The number of hydrogen-bond donors (Lipinski definition) is 1. The molecule has 0 saturated carbocycles. The number of benzene rings is 1. The van der Waals surface area contributed by atoms with Crippen LogP contribution in [0.5, 0.6) is 0 Å². The second kappa shape index (κ2) is 6.63. The first kappa shape index (κ1) is 16.1. The number of carbonyl (C=O) groups is 2. The molecule has 0 aliphatic rings. The molecule has 0 unspecified atom stereocenters. The van der Waals surface area contributed by atoms with Gasteiger partial charge in [0.2, 0.25) is 0 Å². The summed E-state index contributed by atoms with van der Waals surface area (Å²) in [6.45, 7) is 3.44. The van der Waals surface area contributed by atoms with Crippen LogP contribution in [-0.4, -0.2) is 33.4 Å². The SMILES string of the molecule is CCOC(=O)c1nn(-c2ccccc2C)c(C(=O)O)c1N=[N+]=[N-]. The van der Waals surface area contributed by atoms with E-state index in [4.69, 9.17) is 10.3 Å². The predicted octanol–water partition coefficient (Wildman–Crippen LogP) is 3.00. The monoisotopic (exact) mass is 315 g/mol. The molecule has 0 spiro atoms. The number of nitrogens with zero attached hydrogens (tertiary/aromatic N) is 5. The molecule has 1 N–H and O–H groups in total. The zero-order chi connectivity index (χ0) is 17.0. The summed E-state index contributed by atoms with van der Waals surface area (Å²) in [5, 5.41) is 16.8. The molecule has 2 rings (SSSR count). The topological polar surface area (TPSA) is 130 Å². The van der Waals surface area contributed by atoms with Gasteiger partial charge >= 0.3 is 11.9 Å². The average Bonchev–Trinajstić information content (AvgIpc) is 2.88. The van der Waals surface area contributed by atoms with E-state index in [1.165, 1.54) is 0 Å². The third-order valence-electron chi connectivity index (χ3n) is 3.02. The predicted molar refractivity (Wildman–Crippen MR) is 80.0 cm³/mol. The van der Waals surface area contributed by atoms with Gasteiger partial charge in [-0.15, -0.1) is 0 Å². The molecule has 0 bridgehead atoms. The Kier molecular flexibility index (Phi) is 4.63. The number of carboxylic acid groups (broad SMARTS) is 1. The van der Waals surface area contributed by atoms with Crippen LogP contribution >= 0.6 is 0 Å². The number of para-hydroxylation sites is 1. The Bertz CT molecular complexity index is 821. The molecule has 0 aliphatic heterocycles. The van der Waals surface area contributed by atoms with Gasteiger partial charge in [0, 0.05) is 4.91 Å². The number of hydrogen-bond acceptors (Lipinski definition) is 5. The Labute approximate surface area is 130 Å². The lowest BCUT2D eigenvalue weighted by molar-refractivity contribution is 0.0519. The summed E-state index contributed by atoms with van der Waals surface area (Å²) in [6.07, 6.45) is 0. The number of azide groups is 1. The number of carbonyl (C=O) groups excluding carboxylic acids is 1. The van der Waals surface area contributed by atoms with E-state index in [1.54, 1.807) is 38.1 Å². The van der Waals surface area contributed by atoms with Crippen molar-refractivity contribution in [2.24, 2.45) is 5.11 Å². The molecular formula is C14H13N5O4. The first-order chi connectivity index (χ1) is 11.0. The first-order valence-corrected chi connectivity index (χ1v) is 6.65. The quantitative estimate of drug-likeness (QED) is 0.392. The van der Waals surface area contributed by atoms with E-state index >= 15 is 0 Å². The number of carboxylic acids is 1. The summed E-state index contributed by atoms with van der Waals surface area (Å²) in [7, 11) is 0. The summed E-state index contributed by atoms with van der Waals surface area (Å²) in [6, 6.07) is 6.89. The average molecular weight is 315 g/mol. The van der Waals surface area contributed by atoms with Gasteiger partial charge in [0.05, 0.1) is 12.3 Å². The third kappa shape index (κ3) is 2.99. The molecule has 1 aromatic heterocycles. The second-order valence-electron chi connectivity index (χ2n) is 4.46. The van der Waals surface area contributed by atoms with Crippen molar-refractivity contribution in [1.82, 2.24) is 9.78 Å². The Morgan fingerprint density at radius 1 is 1.43 bits per heavy atom. The van der Waals surface area contributed by atoms with Gasteiger partial charge in [0.15, 0.2) is 11.4 Å². The number of rotatable bonds is 5. The fourth-order valence-corrected chi connectivity index (χ4v) is 2.05. The van der Waals surface area contributed by atoms with Crippen LogP contribution < -0.4 is 0 Å². The van der Waals surface area contributed by atoms with Crippen LogP contribution in [0.15, 0.2) is 29.4 Å². The van der Waals surface area contributed by atoms with E-state index in [-0.39, 0.29) is 18.0 Å². The summed E-state index contributed by atoms with van der Waals surface area (Å²) in [4.78, 5) is 26.2. The van der Waals surface area contributed by atoms with Gasteiger partial charge in [-0.25, -0.2) is 14.3 Å². The highest BCUT2D eigenvalue weighted by Gasteiger charge is 2.28. The Morgan fingerprint density at radius 3 is 2.70 bits per heavy atom. The fourth-order valence-electron chi connectivity index (χ4n) is 2.05. The van der Waals surface area contributed by atoms with E-state index in [2.05, 4.69) is 15.1 Å². The Hall–Kier alpha value is -3.32. The van der Waals surface area contributed by atoms with E-state index < -0.39 is 17.6 Å². The van der Waals surface area contributed by atoms with Gasteiger partial charge in [0.1, 0.15) is 5.69 Å². The Balaban J connectivity index is 2.79. The van der Waals surface area contributed by atoms with Crippen LogP contribution in [0.1, 0.15) is 33.5 Å². The molecular weight excluding hydrogens is 302 g/mol. The van der Waals surface area contributed by atoms with Crippen molar-refractivity contribution in [3.05, 3.63) is 51.7 Å². The summed E-state index contributed by atoms with van der Waals surface area (Å²) >= 11 is 0. The zero-order valence-corrected chi connectivity index (χ0v) is 12.4. The van der Waals surface area contributed by atoms with E-state index in [0.29, 0.717) is 5.69 Å². The zero-order valence-electron chi connectivity index (χ0n) is 12.4. The molecule has 0 aliphatic carbocycles. The van der Waals surface area contributed by atoms with Crippen molar-refractivity contribution >= 4 is 17.6 Å². The lowest BCUT2D eigenvalue weighted by Gasteiger charge is -2.07. The van der Waals surface area contributed by atoms with Crippen molar-refractivity contribution in [3.8, 4) is 5.69 Å². The van der Waals surface area contributed by atoms with Gasteiger partial charge in [-0.05, 0) is 31.0 Å². The summed E-state index contributed by atoms with van der Waals surface area (Å²) in [5.74, 6) is -2.23. The maximum absolute atomic E-state index is 12.0. The molecule has 0 atom stereocenters. The van der Waals surface area contributed by atoms with Crippen molar-refractivity contribution in [3.63, 3.8) is 0 Å². The minimum atomic E-state index is -1.38. The van der Waals surface area contributed by atoms with Gasteiger partial charge in [-0.1, -0.05) is 23.3 Å². The van der Waals surface area contributed by atoms with Crippen LogP contribution in [0.25, 0.3) is 16.1 Å². The van der Waals surface area contributed by atoms with Crippen molar-refractivity contribution in [1.29, 1.82) is 0 Å². The van der Waals surface area contributed by atoms with Crippen molar-refractivity contribution < 1.29 is 19.4 Å². The molecule has 9 nitrogen and oxygen atoms in total. The van der Waals surface area contributed by atoms with Crippen LogP contribution in [0.4, 0.5) is 5.69 Å². The van der Waals surface area contributed by atoms with Gasteiger partial charge in [-0.2, -0.15) is 5.10 Å². The first-order valence-electron chi connectivity index (χ1n) is 6.65. The summed E-state index contributed by atoms with van der Waals surface area (Å²) < 4.78 is 5.90.